The number of aryl methyl sites for hydroxylation is 1. The van der Waals surface area contributed by atoms with Crippen molar-refractivity contribution in [2.24, 2.45) is 0 Å². The van der Waals surface area contributed by atoms with Gasteiger partial charge in [0.05, 0.1) is 34.8 Å². The van der Waals surface area contributed by atoms with E-state index in [2.05, 4.69) is 5.10 Å². The zero-order valence-corrected chi connectivity index (χ0v) is 18.5. The number of carbonyl (C=O) groups excluding carboxylic acids is 2. The summed E-state index contributed by atoms with van der Waals surface area (Å²) in [5.41, 5.74) is 1.96. The molecule has 3 aromatic heterocycles. The third-order valence-electron chi connectivity index (χ3n) is 5.52. The predicted molar refractivity (Wildman–Crippen MR) is 117 cm³/mol. The minimum atomic E-state index is -0.549. The molecule has 1 fully saturated rings. The van der Waals surface area contributed by atoms with Gasteiger partial charge in [-0.2, -0.15) is 5.10 Å². The molecule has 1 aliphatic rings. The number of esters is 1. The van der Waals surface area contributed by atoms with Crippen LogP contribution < -0.4 is 0 Å². The van der Waals surface area contributed by atoms with Gasteiger partial charge in [0, 0.05) is 17.5 Å². The van der Waals surface area contributed by atoms with Gasteiger partial charge in [0.1, 0.15) is 6.04 Å². The maximum Gasteiger partial charge on any atom is 0.328 e. The number of fused-ring (bicyclic) bond motifs is 1. The topological polar surface area (TPSA) is 77.3 Å². The number of thiophene rings is 1. The minimum Gasteiger partial charge on any atom is -0.467 e. The Morgan fingerprint density at radius 2 is 2.07 bits per heavy atom. The summed E-state index contributed by atoms with van der Waals surface area (Å²) in [6.45, 7) is 6.66. The number of methoxy groups -OCH3 is 1. The Morgan fingerprint density at radius 3 is 2.73 bits per heavy atom. The lowest BCUT2D eigenvalue weighted by Crippen LogP contribution is -2.48. The summed E-state index contributed by atoms with van der Waals surface area (Å²) >= 11 is 1.64. The second kappa shape index (κ2) is 8.18. The molecule has 7 nitrogen and oxygen atoms in total. The number of hydrogen-bond donors (Lipinski definition) is 0. The number of ether oxygens (including phenoxy) is 1. The van der Waals surface area contributed by atoms with Gasteiger partial charge in [-0.1, -0.05) is 0 Å². The number of nitrogens with zero attached hydrogens (tertiary/aromatic N) is 4. The molecule has 0 radical (unpaired) electrons. The number of likely N-dealkylation sites (tertiary alicyclic amines) is 1. The molecule has 4 rings (SSSR count). The van der Waals surface area contributed by atoms with Crippen molar-refractivity contribution < 1.29 is 14.3 Å². The number of pyridine rings is 1. The second-order valence-corrected chi connectivity index (χ2v) is 9.21. The summed E-state index contributed by atoms with van der Waals surface area (Å²) < 4.78 is 6.80. The van der Waals surface area contributed by atoms with Crippen molar-refractivity contribution in [2.45, 2.75) is 52.1 Å². The van der Waals surface area contributed by atoms with Crippen molar-refractivity contribution >= 4 is 34.2 Å². The van der Waals surface area contributed by atoms with Crippen LogP contribution in [-0.4, -0.2) is 51.2 Å². The predicted octanol–water partition coefficient (Wildman–Crippen LogP) is 4.22. The average molecular weight is 427 g/mol. The monoisotopic (exact) mass is 426 g/mol. The highest BCUT2D eigenvalue weighted by Crippen LogP contribution is 2.32. The number of rotatable bonds is 4. The lowest BCUT2D eigenvalue weighted by Gasteiger charge is -2.34. The molecule has 158 valence electrons. The van der Waals surface area contributed by atoms with Gasteiger partial charge in [-0.25, -0.2) is 14.5 Å². The van der Waals surface area contributed by atoms with Gasteiger partial charge >= 0.3 is 5.97 Å². The van der Waals surface area contributed by atoms with Gasteiger partial charge in [-0.05, 0) is 58.2 Å². The van der Waals surface area contributed by atoms with Crippen LogP contribution in [0.15, 0.2) is 24.4 Å². The fraction of sp³-hybridized carbons (Fsp3) is 0.455. The van der Waals surface area contributed by atoms with E-state index in [1.807, 2.05) is 43.7 Å². The smallest absolute Gasteiger partial charge is 0.328 e. The molecule has 0 spiro atoms. The maximum atomic E-state index is 13.7. The maximum absolute atomic E-state index is 13.7. The van der Waals surface area contributed by atoms with Crippen LogP contribution in [0.3, 0.4) is 0 Å². The fourth-order valence-corrected chi connectivity index (χ4v) is 4.81. The van der Waals surface area contributed by atoms with Crippen LogP contribution in [0.2, 0.25) is 0 Å². The summed E-state index contributed by atoms with van der Waals surface area (Å²) in [6, 6.07) is 5.47. The molecule has 4 heterocycles. The quantitative estimate of drug-likeness (QED) is 0.584. The van der Waals surface area contributed by atoms with Gasteiger partial charge in [-0.3, -0.25) is 4.79 Å². The van der Waals surface area contributed by atoms with Gasteiger partial charge in [0.2, 0.25) is 0 Å². The third kappa shape index (κ3) is 3.60. The van der Waals surface area contributed by atoms with E-state index in [9.17, 15) is 9.59 Å². The molecule has 1 amide bonds. The first-order valence-electron chi connectivity index (χ1n) is 10.2. The zero-order chi connectivity index (χ0) is 21.4. The summed E-state index contributed by atoms with van der Waals surface area (Å²) in [5.74, 6) is -0.532. The van der Waals surface area contributed by atoms with Gasteiger partial charge in [0.15, 0.2) is 5.65 Å². The molecule has 30 heavy (non-hydrogen) atoms. The van der Waals surface area contributed by atoms with Crippen LogP contribution in [0, 0.1) is 6.92 Å². The molecule has 0 bridgehead atoms. The van der Waals surface area contributed by atoms with E-state index >= 15 is 0 Å². The van der Waals surface area contributed by atoms with Crippen molar-refractivity contribution in [3.8, 4) is 10.6 Å². The first-order valence-corrected chi connectivity index (χ1v) is 11.1. The summed E-state index contributed by atoms with van der Waals surface area (Å²) in [6.07, 6.45) is 4.10. The Kier molecular flexibility index (Phi) is 5.60. The van der Waals surface area contributed by atoms with E-state index in [0.29, 0.717) is 29.6 Å². The van der Waals surface area contributed by atoms with Crippen LogP contribution in [-0.2, 0) is 9.53 Å². The highest BCUT2D eigenvalue weighted by atomic mass is 32.1. The first kappa shape index (κ1) is 20.5. The summed E-state index contributed by atoms with van der Waals surface area (Å²) in [4.78, 5) is 34.7. The summed E-state index contributed by atoms with van der Waals surface area (Å²) in [7, 11) is 1.37. The number of hydrogen-bond acceptors (Lipinski definition) is 6. The molecule has 0 aromatic carbocycles. The molecule has 0 saturated carbocycles. The van der Waals surface area contributed by atoms with E-state index < -0.39 is 6.04 Å². The van der Waals surface area contributed by atoms with Crippen LogP contribution >= 0.6 is 11.3 Å². The first-order chi connectivity index (χ1) is 14.4. The van der Waals surface area contributed by atoms with Crippen LogP contribution in [0.25, 0.3) is 21.6 Å². The fourth-order valence-electron chi connectivity index (χ4n) is 3.98. The molecule has 1 unspecified atom stereocenters. The molecular formula is C22H26N4O3S. The van der Waals surface area contributed by atoms with E-state index in [-0.39, 0.29) is 17.9 Å². The van der Waals surface area contributed by atoms with E-state index in [0.717, 1.165) is 23.4 Å². The van der Waals surface area contributed by atoms with Crippen LogP contribution in [0.1, 0.15) is 54.4 Å². The number of aromatic nitrogens is 3. The second-order valence-electron chi connectivity index (χ2n) is 7.92. The number of amides is 1. The normalized spacial score (nSPS) is 17.0. The standard InChI is InChI=1S/C22H26N4O3S/c1-13(2)26-20-16(12-23-26)15(11-17(24-20)19-9-8-14(3)30-19)21(27)25-10-6-5-7-18(25)22(28)29-4/h8-9,11-13,18H,5-7,10H2,1-4H3. The Bertz CT molecular complexity index is 1100. The van der Waals surface area contributed by atoms with Crippen molar-refractivity contribution in [3.05, 3.63) is 34.8 Å². The average Bonchev–Trinajstić information content (AvgIpc) is 3.38. The van der Waals surface area contributed by atoms with Crippen molar-refractivity contribution in [1.29, 1.82) is 0 Å². The molecule has 3 aromatic rings. The van der Waals surface area contributed by atoms with Crippen molar-refractivity contribution in [1.82, 2.24) is 19.7 Å². The lowest BCUT2D eigenvalue weighted by molar-refractivity contribution is -0.147. The zero-order valence-electron chi connectivity index (χ0n) is 17.7. The third-order valence-corrected chi connectivity index (χ3v) is 6.54. The molecule has 1 atom stereocenters. The largest absolute Gasteiger partial charge is 0.467 e. The molecule has 1 saturated heterocycles. The van der Waals surface area contributed by atoms with Gasteiger partial charge < -0.3 is 9.64 Å². The Labute approximate surface area is 179 Å². The van der Waals surface area contributed by atoms with Crippen molar-refractivity contribution in [3.63, 3.8) is 0 Å². The molecular weight excluding hydrogens is 400 g/mol. The Morgan fingerprint density at radius 1 is 1.27 bits per heavy atom. The number of piperidine rings is 1. The van der Waals surface area contributed by atoms with E-state index in [1.165, 1.54) is 12.0 Å². The molecule has 8 heteroatoms. The summed E-state index contributed by atoms with van der Waals surface area (Å²) in [5, 5.41) is 5.20. The molecule has 0 N–H and O–H groups in total. The van der Waals surface area contributed by atoms with E-state index in [4.69, 9.17) is 9.72 Å². The van der Waals surface area contributed by atoms with Crippen LogP contribution in [0.4, 0.5) is 0 Å². The van der Waals surface area contributed by atoms with Crippen molar-refractivity contribution in [2.75, 3.05) is 13.7 Å². The molecule has 0 aliphatic carbocycles. The number of carbonyl (C=O) groups is 2. The van der Waals surface area contributed by atoms with E-state index in [1.54, 1.807) is 22.4 Å². The SMILES string of the molecule is COC(=O)C1CCCCN1C(=O)c1cc(-c2ccc(C)s2)nc2c1cnn2C(C)C. The minimum absolute atomic E-state index is 0.107. The highest BCUT2D eigenvalue weighted by Gasteiger charge is 2.34. The Hall–Kier alpha value is -2.74. The van der Waals surface area contributed by atoms with Crippen LogP contribution in [0.5, 0.6) is 0 Å². The molecule has 1 aliphatic heterocycles. The van der Waals surface area contributed by atoms with Gasteiger partial charge in [0.25, 0.3) is 5.91 Å². The lowest BCUT2D eigenvalue weighted by atomic mass is 10.00. The highest BCUT2D eigenvalue weighted by molar-refractivity contribution is 7.15. The van der Waals surface area contributed by atoms with Gasteiger partial charge in [-0.15, -0.1) is 11.3 Å². The Balaban J connectivity index is 1.86.